The van der Waals surface area contributed by atoms with Gasteiger partial charge >= 0.3 is 6.16 Å². The van der Waals surface area contributed by atoms with Crippen LogP contribution < -0.4 is 0 Å². The Morgan fingerprint density at radius 3 is 2.52 bits per heavy atom. The number of ether oxygens (including phenoxy) is 1. The normalized spacial score (nSPS) is 20.2. The first kappa shape index (κ1) is 16.1. The molecule has 1 aromatic heterocycles. The molecule has 1 heterocycles. The van der Waals surface area contributed by atoms with Crippen molar-refractivity contribution < 1.29 is 24.5 Å². The first-order valence-electron chi connectivity index (χ1n) is 6.35. The average molecular weight is 321 g/mol. The van der Waals surface area contributed by atoms with Crippen LogP contribution in [-0.2, 0) is 11.2 Å². The number of rotatable bonds is 5. The van der Waals surface area contributed by atoms with Crippen LogP contribution >= 0.6 is 0 Å². The Morgan fingerprint density at radius 2 is 2.00 bits per heavy atom. The second kappa shape index (κ2) is 6.22. The molecule has 0 fully saturated rings. The summed E-state index contributed by atoms with van der Waals surface area (Å²) in [7, 11) is 0. The smallest absolute Gasteiger partial charge is 0.449 e. The van der Waals surface area contributed by atoms with Gasteiger partial charge in [-0.25, -0.2) is 4.79 Å². The fourth-order valence-corrected chi connectivity index (χ4v) is 2.27. The van der Waals surface area contributed by atoms with E-state index >= 15 is 0 Å². The molecule has 1 unspecified atom stereocenters. The molecule has 1 N–H and O–H groups in total. The van der Waals surface area contributed by atoms with E-state index in [-0.39, 0.29) is 6.42 Å². The molecule has 0 saturated heterocycles. The Hall–Kier alpha value is -3.30. The lowest BCUT2D eigenvalue weighted by Gasteiger charge is -2.24. The second-order valence-corrected chi connectivity index (χ2v) is 4.84. The Kier molecular flexibility index (Phi) is 4.35. The summed E-state index contributed by atoms with van der Waals surface area (Å²) in [6.07, 6.45) is 2.58. The fourth-order valence-electron chi connectivity index (χ4n) is 2.27. The van der Waals surface area contributed by atoms with Crippen LogP contribution in [0.2, 0.25) is 0 Å². The number of carboxylic acid groups (broad SMARTS) is 1. The monoisotopic (exact) mass is 321 g/mol. The molecule has 0 radical (unpaired) electrons. The summed E-state index contributed by atoms with van der Waals surface area (Å²) in [5.41, 5.74) is -1.83. The van der Waals surface area contributed by atoms with Gasteiger partial charge in [-0.15, -0.1) is 0 Å². The molecule has 1 atom stereocenters. The molecule has 0 spiro atoms. The van der Waals surface area contributed by atoms with Gasteiger partial charge in [0.25, 0.3) is 11.2 Å². The molecule has 10 heteroatoms. The van der Waals surface area contributed by atoms with Crippen molar-refractivity contribution in [2.24, 2.45) is 0 Å². The van der Waals surface area contributed by atoms with Crippen molar-refractivity contribution in [3.63, 3.8) is 0 Å². The van der Waals surface area contributed by atoms with Crippen molar-refractivity contribution in [2.45, 2.75) is 18.4 Å². The summed E-state index contributed by atoms with van der Waals surface area (Å²) >= 11 is 0. The molecule has 1 aromatic rings. The third-order valence-electron chi connectivity index (χ3n) is 3.34. The van der Waals surface area contributed by atoms with E-state index in [9.17, 15) is 25.0 Å². The highest BCUT2D eigenvalue weighted by Crippen LogP contribution is 2.33. The van der Waals surface area contributed by atoms with E-state index in [0.29, 0.717) is 5.56 Å². The molecule has 23 heavy (non-hydrogen) atoms. The van der Waals surface area contributed by atoms with Crippen LogP contribution in [0.3, 0.4) is 0 Å². The van der Waals surface area contributed by atoms with Crippen LogP contribution in [0.25, 0.3) is 0 Å². The molecule has 0 aromatic carbocycles. The number of pyridine rings is 1. The van der Waals surface area contributed by atoms with Gasteiger partial charge in [0.05, 0.1) is 4.92 Å². The van der Waals surface area contributed by atoms with E-state index in [1.807, 2.05) is 0 Å². The Morgan fingerprint density at radius 1 is 1.35 bits per heavy atom. The lowest BCUT2D eigenvalue weighted by molar-refractivity contribution is -0.561. The number of carbonyl (C=O) groups is 1. The van der Waals surface area contributed by atoms with Crippen molar-refractivity contribution >= 4 is 6.16 Å². The lowest BCUT2D eigenvalue weighted by Crippen LogP contribution is -2.41. The molecule has 0 saturated carbocycles. The standard InChI is InChI=1S/C13H11N3O7/c17-12(18)23-11-1-4-13(16(21)22,8-10(11)15(19)20)7-9-2-5-14-6-3-9/h1-6H,7-8H2,(H,17,18). The van der Waals surface area contributed by atoms with Crippen LogP contribution in [0.4, 0.5) is 4.79 Å². The highest BCUT2D eigenvalue weighted by molar-refractivity contribution is 5.59. The van der Waals surface area contributed by atoms with Gasteiger partial charge in [0.1, 0.15) is 6.42 Å². The number of hydrogen-bond donors (Lipinski definition) is 1. The van der Waals surface area contributed by atoms with Crippen LogP contribution in [0.15, 0.2) is 48.1 Å². The number of aromatic nitrogens is 1. The third-order valence-corrected chi connectivity index (χ3v) is 3.34. The number of nitrogens with zero attached hydrogens (tertiary/aromatic N) is 3. The molecule has 0 amide bonds. The maximum Gasteiger partial charge on any atom is 0.511 e. The van der Waals surface area contributed by atoms with Gasteiger partial charge in [0.15, 0.2) is 0 Å². The summed E-state index contributed by atoms with van der Waals surface area (Å²) in [5.74, 6) is -0.519. The van der Waals surface area contributed by atoms with E-state index in [0.717, 1.165) is 12.2 Å². The quantitative estimate of drug-likeness (QED) is 0.490. The Labute approximate surface area is 129 Å². The predicted molar refractivity (Wildman–Crippen MR) is 74.6 cm³/mol. The van der Waals surface area contributed by atoms with E-state index in [4.69, 9.17) is 5.11 Å². The highest BCUT2D eigenvalue weighted by atomic mass is 16.7. The molecule has 1 aliphatic rings. The molecule has 1 aliphatic carbocycles. The largest absolute Gasteiger partial charge is 0.511 e. The first-order valence-corrected chi connectivity index (χ1v) is 6.35. The third kappa shape index (κ3) is 3.48. The summed E-state index contributed by atoms with van der Waals surface area (Å²) in [5, 5.41) is 31.2. The first-order chi connectivity index (χ1) is 10.8. The minimum atomic E-state index is -1.75. The maximum absolute atomic E-state index is 11.5. The van der Waals surface area contributed by atoms with Crippen LogP contribution in [0.5, 0.6) is 0 Å². The van der Waals surface area contributed by atoms with E-state index in [1.54, 1.807) is 12.1 Å². The summed E-state index contributed by atoms with van der Waals surface area (Å²) in [6.45, 7) is 0. The van der Waals surface area contributed by atoms with Crippen molar-refractivity contribution in [3.05, 3.63) is 73.9 Å². The van der Waals surface area contributed by atoms with Crippen LogP contribution in [0.1, 0.15) is 12.0 Å². The lowest BCUT2D eigenvalue weighted by atomic mass is 9.84. The number of hydrogen-bond acceptors (Lipinski definition) is 7. The topological polar surface area (TPSA) is 146 Å². The average Bonchev–Trinajstić information content (AvgIpc) is 2.49. The Balaban J connectivity index is 2.39. The van der Waals surface area contributed by atoms with E-state index < -0.39 is 39.4 Å². The molecule has 120 valence electrons. The van der Waals surface area contributed by atoms with E-state index in [1.165, 1.54) is 12.4 Å². The SMILES string of the molecule is O=C(O)OC1=C([N+](=O)[O-])CC(Cc2ccncc2)([N+](=O)[O-])C=C1. The zero-order chi connectivity index (χ0) is 17.0. The predicted octanol–water partition coefficient (Wildman–Crippen LogP) is 1.78. The van der Waals surface area contributed by atoms with Gasteiger partial charge in [-0.05, 0) is 29.8 Å². The maximum atomic E-state index is 11.5. The number of allylic oxidation sites excluding steroid dienone is 1. The van der Waals surface area contributed by atoms with Gasteiger partial charge < -0.3 is 9.84 Å². The van der Waals surface area contributed by atoms with Gasteiger partial charge in [0, 0.05) is 23.7 Å². The highest BCUT2D eigenvalue weighted by Gasteiger charge is 2.48. The van der Waals surface area contributed by atoms with Gasteiger partial charge in [-0.3, -0.25) is 25.2 Å². The zero-order valence-electron chi connectivity index (χ0n) is 11.6. The molecular weight excluding hydrogens is 310 g/mol. The molecular formula is C13H11N3O7. The summed E-state index contributed by atoms with van der Waals surface area (Å²) in [4.78, 5) is 35.5. The van der Waals surface area contributed by atoms with Gasteiger partial charge in [-0.2, -0.15) is 0 Å². The van der Waals surface area contributed by atoms with Crippen molar-refractivity contribution in [1.29, 1.82) is 0 Å². The van der Waals surface area contributed by atoms with E-state index in [2.05, 4.69) is 9.72 Å². The van der Waals surface area contributed by atoms with Crippen LogP contribution in [0, 0.1) is 20.2 Å². The van der Waals surface area contributed by atoms with Crippen molar-refractivity contribution in [2.75, 3.05) is 0 Å². The van der Waals surface area contributed by atoms with Crippen LogP contribution in [-0.4, -0.2) is 31.6 Å². The summed E-state index contributed by atoms with van der Waals surface area (Å²) in [6, 6.07) is 3.13. The number of nitro groups is 2. The molecule has 0 aliphatic heterocycles. The molecule has 10 nitrogen and oxygen atoms in total. The van der Waals surface area contributed by atoms with Crippen molar-refractivity contribution in [3.8, 4) is 0 Å². The minimum Gasteiger partial charge on any atom is -0.449 e. The van der Waals surface area contributed by atoms with Crippen molar-refractivity contribution in [1.82, 2.24) is 4.98 Å². The fraction of sp³-hybridized carbons (Fsp3) is 0.231. The molecule has 2 rings (SSSR count). The Bertz CT molecular complexity index is 714. The zero-order valence-corrected chi connectivity index (χ0v) is 11.6. The second-order valence-electron chi connectivity index (χ2n) is 4.84. The summed E-state index contributed by atoms with van der Waals surface area (Å²) < 4.78 is 4.32. The minimum absolute atomic E-state index is 0.100. The molecule has 0 bridgehead atoms. The van der Waals surface area contributed by atoms with Gasteiger partial charge in [0.2, 0.25) is 5.76 Å². The van der Waals surface area contributed by atoms with Gasteiger partial charge in [-0.1, -0.05) is 0 Å².